The average Bonchev–Trinajstić information content (AvgIpc) is 2.73. The molecule has 1 aliphatic heterocycles. The predicted molar refractivity (Wildman–Crippen MR) is 110 cm³/mol. The fourth-order valence-electron chi connectivity index (χ4n) is 2.99. The molecule has 1 aromatic heterocycles. The zero-order chi connectivity index (χ0) is 21.7. The molecule has 1 amide bonds. The normalized spacial score (nSPS) is 14.3. The molecule has 2 heterocycles. The van der Waals surface area contributed by atoms with Gasteiger partial charge in [-0.15, -0.1) is 0 Å². The number of morpholine rings is 1. The lowest BCUT2D eigenvalue weighted by molar-refractivity contribution is -0.129. The lowest BCUT2D eigenvalue weighted by Gasteiger charge is -2.25. The number of carbonyl (C=O) groups excluding carboxylic acids is 1. The minimum Gasteiger partial charge on any atom is -0.487 e. The van der Waals surface area contributed by atoms with Crippen molar-refractivity contribution in [3.63, 3.8) is 0 Å². The van der Waals surface area contributed by atoms with Crippen molar-refractivity contribution in [1.29, 1.82) is 0 Å². The number of carbonyl (C=O) groups is 1. The van der Waals surface area contributed by atoms with Gasteiger partial charge in [0.1, 0.15) is 28.5 Å². The highest BCUT2D eigenvalue weighted by Gasteiger charge is 2.15. The van der Waals surface area contributed by atoms with Gasteiger partial charge in [-0.05, 0) is 35.0 Å². The molecular formula is C21H21BrF2N2O4. The summed E-state index contributed by atoms with van der Waals surface area (Å²) >= 11 is 3.23. The van der Waals surface area contributed by atoms with Gasteiger partial charge in [-0.1, -0.05) is 6.08 Å². The van der Waals surface area contributed by atoms with Crippen LogP contribution in [0.4, 0.5) is 8.78 Å². The highest BCUT2D eigenvalue weighted by molar-refractivity contribution is 9.10. The summed E-state index contributed by atoms with van der Waals surface area (Å²) in [6, 6.07) is 4.86. The van der Waals surface area contributed by atoms with Crippen molar-refractivity contribution in [1.82, 2.24) is 9.47 Å². The second-order valence-corrected chi connectivity index (χ2v) is 7.54. The fraction of sp³-hybridized carbons (Fsp3) is 0.333. The number of amides is 1. The van der Waals surface area contributed by atoms with Crippen LogP contribution in [-0.4, -0.2) is 41.7 Å². The highest BCUT2D eigenvalue weighted by Crippen LogP contribution is 2.24. The molecule has 0 N–H and O–H groups in total. The third-order valence-corrected chi connectivity index (χ3v) is 5.41. The number of pyridine rings is 1. The number of hydrogen-bond donors (Lipinski definition) is 0. The molecule has 1 fully saturated rings. The van der Waals surface area contributed by atoms with Crippen LogP contribution in [0.2, 0.25) is 0 Å². The van der Waals surface area contributed by atoms with Crippen molar-refractivity contribution >= 4 is 21.8 Å². The first kappa shape index (κ1) is 22.2. The van der Waals surface area contributed by atoms with Crippen molar-refractivity contribution in [2.24, 2.45) is 0 Å². The van der Waals surface area contributed by atoms with Crippen LogP contribution in [0.3, 0.4) is 0 Å². The first-order valence-corrected chi connectivity index (χ1v) is 10.2. The molecule has 0 atom stereocenters. The van der Waals surface area contributed by atoms with E-state index in [9.17, 15) is 18.4 Å². The third-order valence-electron chi connectivity index (χ3n) is 4.68. The van der Waals surface area contributed by atoms with Gasteiger partial charge in [0.05, 0.1) is 13.2 Å². The molecule has 9 heteroatoms. The molecule has 0 unspecified atom stereocenters. The lowest BCUT2D eigenvalue weighted by Crippen LogP contribution is -2.39. The Morgan fingerprint density at radius 3 is 2.70 bits per heavy atom. The zero-order valence-corrected chi connectivity index (χ0v) is 18.0. The van der Waals surface area contributed by atoms with E-state index >= 15 is 0 Å². The summed E-state index contributed by atoms with van der Waals surface area (Å²) in [5.74, 6) is -1.25. The van der Waals surface area contributed by atoms with Crippen molar-refractivity contribution in [2.75, 3.05) is 26.3 Å². The number of aryl methyl sites for hydroxylation is 1. The molecule has 1 saturated heterocycles. The van der Waals surface area contributed by atoms with Crippen molar-refractivity contribution in [3.05, 3.63) is 74.1 Å². The van der Waals surface area contributed by atoms with E-state index in [1.807, 2.05) is 0 Å². The molecule has 1 aromatic carbocycles. The molecule has 2 aromatic rings. The Labute approximate surface area is 180 Å². The topological polar surface area (TPSA) is 60.8 Å². The highest BCUT2D eigenvalue weighted by atomic mass is 79.9. The number of ether oxygens (including phenoxy) is 2. The van der Waals surface area contributed by atoms with Gasteiger partial charge in [0.2, 0.25) is 5.91 Å². The predicted octanol–water partition coefficient (Wildman–Crippen LogP) is 3.19. The Morgan fingerprint density at radius 2 is 2.00 bits per heavy atom. The molecule has 6 nitrogen and oxygen atoms in total. The van der Waals surface area contributed by atoms with Crippen LogP contribution >= 0.6 is 15.9 Å². The van der Waals surface area contributed by atoms with Crippen LogP contribution < -0.4 is 10.3 Å². The number of benzene rings is 1. The minimum absolute atomic E-state index is 0.121. The molecular weight excluding hydrogens is 462 g/mol. The molecule has 30 heavy (non-hydrogen) atoms. The summed E-state index contributed by atoms with van der Waals surface area (Å²) in [5.41, 5.74) is 0.448. The Bertz CT molecular complexity index is 1020. The molecule has 0 bridgehead atoms. The van der Waals surface area contributed by atoms with Gasteiger partial charge in [0.15, 0.2) is 0 Å². The van der Waals surface area contributed by atoms with Gasteiger partial charge >= 0.3 is 0 Å². The SMILES string of the molecule is Cc1cc(OCc2ccc(F)cc2F)c(Br)c(=O)n1CC=CC(=O)N1CCOCC1. The standard InChI is InChI=1S/C21H21BrF2N2O4/c1-14-11-18(30-13-15-4-5-16(23)12-17(15)24)20(22)21(28)26(14)6-2-3-19(27)25-7-9-29-10-8-25/h2-5,11-12H,6-10,13H2,1H3. The Kier molecular flexibility index (Phi) is 7.38. The first-order valence-electron chi connectivity index (χ1n) is 9.36. The molecule has 160 valence electrons. The molecule has 0 saturated carbocycles. The zero-order valence-electron chi connectivity index (χ0n) is 16.4. The number of hydrogen-bond acceptors (Lipinski definition) is 4. The lowest BCUT2D eigenvalue weighted by atomic mass is 10.2. The van der Waals surface area contributed by atoms with Crippen molar-refractivity contribution in [2.45, 2.75) is 20.1 Å². The monoisotopic (exact) mass is 482 g/mol. The molecule has 0 aliphatic carbocycles. The van der Waals surface area contributed by atoms with E-state index < -0.39 is 11.6 Å². The molecule has 1 aliphatic rings. The van der Waals surface area contributed by atoms with Crippen molar-refractivity contribution in [3.8, 4) is 5.75 Å². The Morgan fingerprint density at radius 1 is 1.27 bits per heavy atom. The van der Waals surface area contributed by atoms with E-state index in [0.29, 0.717) is 32.0 Å². The molecule has 0 radical (unpaired) electrons. The second-order valence-electron chi connectivity index (χ2n) is 6.74. The number of allylic oxidation sites excluding steroid dienone is 1. The number of rotatable bonds is 6. The van der Waals surface area contributed by atoms with Gasteiger partial charge in [-0.25, -0.2) is 8.78 Å². The Balaban J connectivity index is 1.68. The van der Waals surface area contributed by atoms with Gasteiger partial charge < -0.3 is 18.9 Å². The summed E-state index contributed by atoms with van der Waals surface area (Å²) < 4.78 is 39.2. The van der Waals surface area contributed by atoms with Crippen molar-refractivity contribution < 1.29 is 23.0 Å². The maximum Gasteiger partial charge on any atom is 0.269 e. The van der Waals surface area contributed by atoms with Crippen LogP contribution in [0.1, 0.15) is 11.3 Å². The summed E-state index contributed by atoms with van der Waals surface area (Å²) in [5, 5.41) is 0. The molecule has 3 rings (SSSR count). The van der Waals surface area contributed by atoms with Gasteiger partial charge in [0.25, 0.3) is 5.56 Å². The van der Waals surface area contributed by atoms with E-state index in [4.69, 9.17) is 9.47 Å². The van der Waals surface area contributed by atoms with E-state index in [1.54, 1.807) is 24.0 Å². The minimum atomic E-state index is -0.716. The average molecular weight is 483 g/mol. The van der Waals surface area contributed by atoms with Gasteiger partial charge in [-0.3, -0.25) is 9.59 Å². The van der Waals surface area contributed by atoms with Crippen LogP contribution in [0.5, 0.6) is 5.75 Å². The summed E-state index contributed by atoms with van der Waals surface area (Å²) in [6.07, 6.45) is 3.08. The van der Waals surface area contributed by atoms with E-state index in [-0.39, 0.29) is 40.4 Å². The number of halogens is 3. The largest absolute Gasteiger partial charge is 0.487 e. The fourth-order valence-corrected chi connectivity index (χ4v) is 3.43. The first-order chi connectivity index (χ1) is 14.4. The van der Waals surface area contributed by atoms with E-state index in [1.165, 1.54) is 16.7 Å². The summed E-state index contributed by atoms with van der Waals surface area (Å²) in [6.45, 7) is 3.94. The van der Waals surface area contributed by atoms with Crippen LogP contribution in [0.15, 0.2) is 45.7 Å². The number of nitrogens with zero attached hydrogens (tertiary/aromatic N) is 2. The summed E-state index contributed by atoms with van der Waals surface area (Å²) in [7, 11) is 0. The van der Waals surface area contributed by atoms with Crippen LogP contribution in [0, 0.1) is 18.6 Å². The third kappa shape index (κ3) is 5.34. The van der Waals surface area contributed by atoms with E-state index in [0.717, 1.165) is 12.1 Å². The Hall–Kier alpha value is -2.52. The van der Waals surface area contributed by atoms with Crippen LogP contribution in [-0.2, 0) is 22.7 Å². The smallest absolute Gasteiger partial charge is 0.269 e. The van der Waals surface area contributed by atoms with Gasteiger partial charge in [0, 0.05) is 49.1 Å². The van der Waals surface area contributed by atoms with E-state index in [2.05, 4.69) is 15.9 Å². The molecule has 0 spiro atoms. The maximum absolute atomic E-state index is 13.8. The second kappa shape index (κ2) is 9.99. The van der Waals surface area contributed by atoms with Crippen LogP contribution in [0.25, 0.3) is 0 Å². The maximum atomic E-state index is 13.8. The van der Waals surface area contributed by atoms with Gasteiger partial charge in [-0.2, -0.15) is 0 Å². The number of aromatic nitrogens is 1. The quantitative estimate of drug-likeness (QED) is 0.593. The summed E-state index contributed by atoms with van der Waals surface area (Å²) in [4.78, 5) is 26.5.